The summed E-state index contributed by atoms with van der Waals surface area (Å²) in [6.45, 7) is 2.16. The maximum atomic E-state index is 3.66. The molecule has 0 spiro atoms. The van der Waals surface area contributed by atoms with Crippen molar-refractivity contribution in [3.05, 3.63) is 23.8 Å². The molecule has 1 unspecified atom stereocenters. The minimum atomic E-state index is 0.645. The fourth-order valence-electron chi connectivity index (χ4n) is 2.27. The lowest BCUT2D eigenvalue weighted by Crippen LogP contribution is -2.25. The Kier molecular flexibility index (Phi) is 4.21. The summed E-state index contributed by atoms with van der Waals surface area (Å²) in [6.07, 6.45) is 2.65. The maximum Gasteiger partial charge on any atom is 0.0411 e. The zero-order chi connectivity index (χ0) is 12.3. The van der Waals surface area contributed by atoms with Crippen molar-refractivity contribution in [1.82, 2.24) is 0 Å². The summed E-state index contributed by atoms with van der Waals surface area (Å²) in [6, 6.07) is 7.30. The van der Waals surface area contributed by atoms with Crippen LogP contribution in [-0.4, -0.2) is 31.6 Å². The number of benzene rings is 1. The van der Waals surface area contributed by atoms with E-state index in [0.29, 0.717) is 6.04 Å². The van der Waals surface area contributed by atoms with Gasteiger partial charge in [0.2, 0.25) is 0 Å². The number of nitrogens with one attached hydrogen (secondary N) is 1. The third-order valence-electron chi connectivity index (χ3n) is 3.22. The standard InChI is InChI=1S/C14H22N2S/c1-11-6-7-12(9-14(11)16(2)3)15-13-5-4-8-17-10-13/h6-7,9,13,15H,4-5,8,10H2,1-3H3. The van der Waals surface area contributed by atoms with Crippen LogP contribution < -0.4 is 10.2 Å². The molecule has 2 nitrogen and oxygen atoms in total. The van der Waals surface area contributed by atoms with Gasteiger partial charge in [0.1, 0.15) is 0 Å². The molecular weight excluding hydrogens is 228 g/mol. The van der Waals surface area contributed by atoms with E-state index in [1.807, 2.05) is 0 Å². The van der Waals surface area contributed by atoms with Crippen molar-refractivity contribution in [2.45, 2.75) is 25.8 Å². The van der Waals surface area contributed by atoms with E-state index in [0.717, 1.165) is 0 Å². The summed E-state index contributed by atoms with van der Waals surface area (Å²) in [5.41, 5.74) is 3.89. The highest BCUT2D eigenvalue weighted by atomic mass is 32.2. The van der Waals surface area contributed by atoms with Crippen molar-refractivity contribution in [2.24, 2.45) is 0 Å². The van der Waals surface area contributed by atoms with Crippen LogP contribution in [0.5, 0.6) is 0 Å². The molecule has 1 aromatic carbocycles. The number of thioether (sulfide) groups is 1. The summed E-state index contributed by atoms with van der Waals surface area (Å²) < 4.78 is 0. The van der Waals surface area contributed by atoms with E-state index in [2.05, 4.69) is 61.2 Å². The molecular formula is C14H22N2S. The lowest BCUT2D eigenvalue weighted by atomic mass is 10.1. The molecule has 1 heterocycles. The molecule has 0 aliphatic carbocycles. The van der Waals surface area contributed by atoms with Gasteiger partial charge in [-0.1, -0.05) is 6.07 Å². The van der Waals surface area contributed by atoms with Gasteiger partial charge in [-0.3, -0.25) is 0 Å². The first kappa shape index (κ1) is 12.6. The lowest BCUT2D eigenvalue weighted by molar-refractivity contribution is 0.685. The van der Waals surface area contributed by atoms with Crippen LogP contribution in [0.1, 0.15) is 18.4 Å². The van der Waals surface area contributed by atoms with Gasteiger partial charge < -0.3 is 10.2 Å². The molecule has 0 amide bonds. The van der Waals surface area contributed by atoms with Crippen LogP contribution in [-0.2, 0) is 0 Å². The Labute approximate surface area is 109 Å². The topological polar surface area (TPSA) is 15.3 Å². The lowest BCUT2D eigenvalue weighted by Gasteiger charge is -2.25. The Morgan fingerprint density at radius 1 is 1.35 bits per heavy atom. The average molecular weight is 250 g/mol. The normalized spacial score (nSPS) is 20.1. The Hall–Kier alpha value is -0.830. The van der Waals surface area contributed by atoms with Gasteiger partial charge in [0, 0.05) is 37.3 Å². The Bertz CT molecular complexity index is 370. The van der Waals surface area contributed by atoms with E-state index >= 15 is 0 Å². The molecule has 0 bridgehead atoms. The molecule has 1 aliphatic heterocycles. The fourth-order valence-corrected chi connectivity index (χ4v) is 3.34. The second-order valence-corrected chi connectivity index (χ2v) is 6.10. The number of anilines is 2. The van der Waals surface area contributed by atoms with Crippen molar-refractivity contribution in [3.8, 4) is 0 Å². The second kappa shape index (κ2) is 5.67. The zero-order valence-electron chi connectivity index (χ0n) is 11.0. The number of aryl methyl sites for hydroxylation is 1. The highest BCUT2D eigenvalue weighted by molar-refractivity contribution is 7.99. The third-order valence-corrected chi connectivity index (χ3v) is 4.44. The molecule has 1 N–H and O–H groups in total. The minimum absolute atomic E-state index is 0.645. The van der Waals surface area contributed by atoms with Gasteiger partial charge in [-0.25, -0.2) is 0 Å². The van der Waals surface area contributed by atoms with Gasteiger partial charge in [-0.05, 0) is 43.2 Å². The van der Waals surface area contributed by atoms with Crippen LogP contribution in [0.15, 0.2) is 18.2 Å². The van der Waals surface area contributed by atoms with Crippen LogP contribution in [0.3, 0.4) is 0 Å². The van der Waals surface area contributed by atoms with Crippen molar-refractivity contribution >= 4 is 23.1 Å². The number of hydrogen-bond donors (Lipinski definition) is 1. The third kappa shape index (κ3) is 3.32. The highest BCUT2D eigenvalue weighted by Gasteiger charge is 2.13. The number of hydrogen-bond acceptors (Lipinski definition) is 3. The summed E-state index contributed by atoms with van der Waals surface area (Å²) in [5, 5.41) is 3.66. The Morgan fingerprint density at radius 3 is 2.82 bits per heavy atom. The van der Waals surface area contributed by atoms with Crippen molar-refractivity contribution in [1.29, 1.82) is 0 Å². The van der Waals surface area contributed by atoms with Crippen LogP contribution >= 0.6 is 11.8 Å². The first-order chi connectivity index (χ1) is 8.16. The van der Waals surface area contributed by atoms with E-state index in [-0.39, 0.29) is 0 Å². The summed E-state index contributed by atoms with van der Waals surface area (Å²) in [4.78, 5) is 2.18. The maximum absolute atomic E-state index is 3.66. The SMILES string of the molecule is Cc1ccc(NC2CCCSC2)cc1N(C)C. The quantitative estimate of drug-likeness (QED) is 0.885. The Balaban J connectivity index is 2.07. The Morgan fingerprint density at radius 2 is 2.18 bits per heavy atom. The molecule has 1 saturated heterocycles. The van der Waals surface area contributed by atoms with Gasteiger partial charge in [0.05, 0.1) is 0 Å². The van der Waals surface area contributed by atoms with Crippen LogP contribution in [0.4, 0.5) is 11.4 Å². The van der Waals surface area contributed by atoms with Gasteiger partial charge in [-0.2, -0.15) is 11.8 Å². The monoisotopic (exact) mass is 250 g/mol. The molecule has 94 valence electrons. The largest absolute Gasteiger partial charge is 0.381 e. The molecule has 0 aromatic heterocycles. The first-order valence-electron chi connectivity index (χ1n) is 6.29. The van der Waals surface area contributed by atoms with Gasteiger partial charge in [0.15, 0.2) is 0 Å². The molecule has 1 atom stereocenters. The fraction of sp³-hybridized carbons (Fsp3) is 0.571. The smallest absolute Gasteiger partial charge is 0.0411 e. The molecule has 0 radical (unpaired) electrons. The van der Waals surface area contributed by atoms with Crippen molar-refractivity contribution in [3.63, 3.8) is 0 Å². The van der Waals surface area contributed by atoms with Gasteiger partial charge in [-0.15, -0.1) is 0 Å². The first-order valence-corrected chi connectivity index (χ1v) is 7.44. The second-order valence-electron chi connectivity index (χ2n) is 4.95. The van der Waals surface area contributed by atoms with E-state index in [4.69, 9.17) is 0 Å². The number of rotatable bonds is 3. The molecule has 1 aromatic rings. The van der Waals surface area contributed by atoms with E-state index < -0.39 is 0 Å². The van der Waals surface area contributed by atoms with Crippen LogP contribution in [0, 0.1) is 6.92 Å². The predicted octanol–water partition coefficient (Wildman–Crippen LogP) is 3.37. The summed E-state index contributed by atoms with van der Waals surface area (Å²) >= 11 is 2.06. The molecule has 1 aliphatic rings. The van der Waals surface area contributed by atoms with Crippen molar-refractivity contribution < 1.29 is 0 Å². The average Bonchev–Trinajstić information content (AvgIpc) is 2.32. The molecule has 1 fully saturated rings. The predicted molar refractivity (Wildman–Crippen MR) is 79.5 cm³/mol. The van der Waals surface area contributed by atoms with E-state index in [9.17, 15) is 0 Å². The summed E-state index contributed by atoms with van der Waals surface area (Å²) in [7, 11) is 4.20. The zero-order valence-corrected chi connectivity index (χ0v) is 11.8. The number of nitrogens with zero attached hydrogens (tertiary/aromatic N) is 1. The highest BCUT2D eigenvalue weighted by Crippen LogP contribution is 2.25. The van der Waals surface area contributed by atoms with E-state index in [1.54, 1.807) is 0 Å². The van der Waals surface area contributed by atoms with E-state index in [1.165, 1.54) is 41.3 Å². The van der Waals surface area contributed by atoms with Crippen LogP contribution in [0.2, 0.25) is 0 Å². The summed E-state index contributed by atoms with van der Waals surface area (Å²) in [5.74, 6) is 2.57. The van der Waals surface area contributed by atoms with Gasteiger partial charge >= 0.3 is 0 Å². The van der Waals surface area contributed by atoms with Crippen LogP contribution in [0.25, 0.3) is 0 Å². The van der Waals surface area contributed by atoms with Crippen molar-refractivity contribution in [2.75, 3.05) is 35.8 Å². The molecule has 0 saturated carbocycles. The minimum Gasteiger partial charge on any atom is -0.381 e. The molecule has 17 heavy (non-hydrogen) atoms. The molecule has 2 rings (SSSR count). The van der Waals surface area contributed by atoms with Gasteiger partial charge in [0.25, 0.3) is 0 Å². The molecule has 3 heteroatoms.